The number of esters is 1. The predicted octanol–water partition coefficient (Wildman–Crippen LogP) is 2.84. The Morgan fingerprint density at radius 1 is 1.17 bits per heavy atom. The zero-order valence-corrected chi connectivity index (χ0v) is 18.0. The summed E-state index contributed by atoms with van der Waals surface area (Å²) in [5.41, 5.74) is 2.47. The van der Waals surface area contributed by atoms with E-state index in [9.17, 15) is 13.2 Å². The molecule has 0 bridgehead atoms. The Morgan fingerprint density at radius 3 is 2.52 bits per heavy atom. The molecule has 10 heteroatoms. The van der Waals surface area contributed by atoms with Crippen molar-refractivity contribution >= 4 is 43.4 Å². The lowest BCUT2D eigenvalue weighted by Gasteiger charge is -2.09. The number of nitrogens with zero attached hydrogens (tertiary/aromatic N) is 2. The number of ether oxygens (including phenoxy) is 1. The van der Waals surface area contributed by atoms with Crippen LogP contribution in [0, 0.1) is 6.92 Å². The Balaban J connectivity index is 1.78. The second-order valence-corrected chi connectivity index (χ2v) is 9.24. The van der Waals surface area contributed by atoms with Gasteiger partial charge in [0.15, 0.2) is 0 Å². The van der Waals surface area contributed by atoms with Crippen molar-refractivity contribution in [2.45, 2.75) is 26.1 Å². The summed E-state index contributed by atoms with van der Waals surface area (Å²) < 4.78 is 30.7. The fraction of sp³-hybridized carbons (Fsp3) is 0.316. The number of carbonyl (C=O) groups excluding carboxylic acids is 1. The van der Waals surface area contributed by atoms with Gasteiger partial charge in [0.2, 0.25) is 10.0 Å². The lowest BCUT2D eigenvalue weighted by atomic mass is 10.1. The molecule has 8 nitrogen and oxygen atoms in total. The molecule has 2 heterocycles. The molecule has 0 amide bonds. The van der Waals surface area contributed by atoms with Gasteiger partial charge >= 0.3 is 5.97 Å². The monoisotopic (exact) mass is 434 g/mol. The van der Waals surface area contributed by atoms with Gasteiger partial charge in [-0.25, -0.2) is 27.9 Å². The summed E-state index contributed by atoms with van der Waals surface area (Å²) in [5, 5.41) is 4.08. The summed E-state index contributed by atoms with van der Waals surface area (Å²) in [6.07, 6.45) is 1.46. The van der Waals surface area contributed by atoms with Crippen LogP contribution in [0.2, 0.25) is 0 Å². The zero-order chi connectivity index (χ0) is 21.0. The van der Waals surface area contributed by atoms with E-state index in [2.05, 4.69) is 20.0 Å². The Kier molecular flexibility index (Phi) is 6.46. The van der Waals surface area contributed by atoms with Gasteiger partial charge in [0.25, 0.3) is 0 Å². The van der Waals surface area contributed by atoms with Gasteiger partial charge in [0, 0.05) is 6.54 Å². The Morgan fingerprint density at radius 2 is 1.86 bits per heavy atom. The molecule has 0 aliphatic heterocycles. The van der Waals surface area contributed by atoms with Crippen LogP contribution >= 0.6 is 11.3 Å². The van der Waals surface area contributed by atoms with Crippen LogP contribution in [-0.2, 0) is 27.1 Å². The van der Waals surface area contributed by atoms with Crippen molar-refractivity contribution in [1.82, 2.24) is 14.7 Å². The molecule has 0 unspecified atom stereocenters. The first kappa shape index (κ1) is 21.2. The number of aryl methyl sites for hydroxylation is 1. The van der Waals surface area contributed by atoms with Crippen molar-refractivity contribution in [1.29, 1.82) is 0 Å². The molecular formula is C19H22N4O4S2. The van der Waals surface area contributed by atoms with Crippen LogP contribution in [0.25, 0.3) is 10.2 Å². The molecule has 0 saturated carbocycles. The van der Waals surface area contributed by atoms with Crippen molar-refractivity contribution in [3.05, 3.63) is 52.2 Å². The molecule has 154 valence electrons. The highest BCUT2D eigenvalue weighted by molar-refractivity contribution is 7.88. The van der Waals surface area contributed by atoms with Crippen molar-refractivity contribution in [2.75, 3.05) is 19.0 Å². The second-order valence-electron chi connectivity index (χ2n) is 6.31. The van der Waals surface area contributed by atoms with Gasteiger partial charge in [0.1, 0.15) is 21.9 Å². The third kappa shape index (κ3) is 4.89. The minimum atomic E-state index is -3.30. The van der Waals surface area contributed by atoms with Gasteiger partial charge in [0.05, 0.1) is 17.7 Å². The van der Waals surface area contributed by atoms with Gasteiger partial charge in [-0.3, -0.25) is 0 Å². The number of fused-ring (bicyclic) bond motifs is 1. The maximum Gasteiger partial charge on any atom is 0.348 e. The molecule has 1 aromatic carbocycles. The Labute approximate surface area is 173 Å². The first-order chi connectivity index (χ1) is 13.8. The number of anilines is 1. The summed E-state index contributed by atoms with van der Waals surface area (Å²) in [6.45, 7) is 4.44. The van der Waals surface area contributed by atoms with E-state index in [1.165, 1.54) is 24.7 Å². The lowest BCUT2D eigenvalue weighted by Crippen LogP contribution is -2.20. The molecular weight excluding hydrogens is 412 g/mol. The highest BCUT2D eigenvalue weighted by atomic mass is 32.2. The smallest absolute Gasteiger partial charge is 0.348 e. The van der Waals surface area contributed by atoms with E-state index in [-0.39, 0.29) is 11.7 Å². The van der Waals surface area contributed by atoms with Crippen LogP contribution in [0.4, 0.5) is 5.82 Å². The van der Waals surface area contributed by atoms with E-state index in [0.29, 0.717) is 29.4 Å². The van der Waals surface area contributed by atoms with Crippen molar-refractivity contribution in [3.8, 4) is 0 Å². The SMILES string of the molecule is CCOC(=O)c1sc2ncnc(NCc3ccc(CS(=O)(=O)NC)cc3)c2c1C. The number of hydrogen-bond donors (Lipinski definition) is 2. The van der Waals surface area contributed by atoms with Crippen molar-refractivity contribution < 1.29 is 17.9 Å². The van der Waals surface area contributed by atoms with Crippen LogP contribution < -0.4 is 10.0 Å². The Hall–Kier alpha value is -2.56. The largest absolute Gasteiger partial charge is 0.462 e. The summed E-state index contributed by atoms with van der Waals surface area (Å²) in [4.78, 5) is 22.0. The number of nitrogens with one attached hydrogen (secondary N) is 2. The van der Waals surface area contributed by atoms with E-state index in [0.717, 1.165) is 21.3 Å². The highest BCUT2D eigenvalue weighted by Gasteiger charge is 2.20. The molecule has 0 aliphatic rings. The molecule has 3 aromatic rings. The quantitative estimate of drug-likeness (QED) is 0.525. The fourth-order valence-corrected chi connectivity index (χ4v) is 4.65. The van der Waals surface area contributed by atoms with E-state index < -0.39 is 10.0 Å². The molecule has 2 aromatic heterocycles. The number of rotatable bonds is 8. The number of hydrogen-bond acceptors (Lipinski definition) is 8. The van der Waals surface area contributed by atoms with E-state index in [1.54, 1.807) is 19.1 Å². The van der Waals surface area contributed by atoms with Crippen LogP contribution in [0.1, 0.15) is 33.3 Å². The molecule has 0 radical (unpaired) electrons. The average molecular weight is 435 g/mol. The number of sulfonamides is 1. The second kappa shape index (κ2) is 8.85. The lowest BCUT2D eigenvalue weighted by molar-refractivity contribution is 0.0531. The molecule has 0 fully saturated rings. The summed E-state index contributed by atoms with van der Waals surface area (Å²) in [5.74, 6) is 0.223. The van der Waals surface area contributed by atoms with E-state index >= 15 is 0 Å². The number of carbonyl (C=O) groups is 1. The maximum absolute atomic E-state index is 12.2. The van der Waals surface area contributed by atoms with Crippen LogP contribution in [0.15, 0.2) is 30.6 Å². The van der Waals surface area contributed by atoms with E-state index in [1.807, 2.05) is 19.1 Å². The van der Waals surface area contributed by atoms with Gasteiger partial charge in [-0.05, 0) is 37.6 Å². The summed E-state index contributed by atoms with van der Waals surface area (Å²) >= 11 is 1.29. The summed E-state index contributed by atoms with van der Waals surface area (Å²) in [6, 6.07) is 7.32. The third-order valence-electron chi connectivity index (χ3n) is 4.34. The summed E-state index contributed by atoms with van der Waals surface area (Å²) in [7, 11) is -1.90. The molecule has 0 aliphatic carbocycles. The number of aromatic nitrogens is 2. The molecule has 29 heavy (non-hydrogen) atoms. The van der Waals surface area contributed by atoms with Gasteiger partial charge in [-0.15, -0.1) is 11.3 Å². The normalized spacial score (nSPS) is 11.6. The van der Waals surface area contributed by atoms with Crippen molar-refractivity contribution in [2.24, 2.45) is 0 Å². The average Bonchev–Trinajstić information content (AvgIpc) is 3.05. The fourth-order valence-electron chi connectivity index (χ4n) is 2.83. The van der Waals surface area contributed by atoms with Crippen LogP contribution in [-0.4, -0.2) is 38.0 Å². The first-order valence-electron chi connectivity index (χ1n) is 8.98. The van der Waals surface area contributed by atoms with Crippen molar-refractivity contribution in [3.63, 3.8) is 0 Å². The third-order valence-corrected chi connectivity index (χ3v) is 6.85. The topological polar surface area (TPSA) is 110 Å². The molecule has 0 spiro atoms. The standard InChI is InChI=1S/C19H22N4O4S2/c1-4-27-19(24)16-12(2)15-17(22-11-23-18(15)28-16)21-9-13-5-7-14(8-6-13)10-29(25,26)20-3/h5-8,11,20H,4,9-10H2,1-3H3,(H,21,22,23). The van der Waals surface area contributed by atoms with Crippen LogP contribution in [0.3, 0.4) is 0 Å². The Bertz CT molecular complexity index is 1130. The van der Waals surface area contributed by atoms with Gasteiger partial charge in [-0.1, -0.05) is 24.3 Å². The number of benzene rings is 1. The first-order valence-corrected chi connectivity index (χ1v) is 11.5. The molecule has 2 N–H and O–H groups in total. The number of thiophene rings is 1. The molecule has 0 atom stereocenters. The predicted molar refractivity (Wildman–Crippen MR) is 114 cm³/mol. The van der Waals surface area contributed by atoms with E-state index in [4.69, 9.17) is 4.74 Å². The maximum atomic E-state index is 12.2. The van der Waals surface area contributed by atoms with Gasteiger partial charge in [-0.2, -0.15) is 0 Å². The zero-order valence-electron chi connectivity index (χ0n) is 16.4. The molecule has 0 saturated heterocycles. The van der Waals surface area contributed by atoms with Crippen LogP contribution in [0.5, 0.6) is 0 Å². The molecule has 3 rings (SSSR count). The van der Waals surface area contributed by atoms with Gasteiger partial charge < -0.3 is 10.1 Å². The minimum absolute atomic E-state index is 0.0610. The highest BCUT2D eigenvalue weighted by Crippen LogP contribution is 2.33. The minimum Gasteiger partial charge on any atom is -0.462 e.